The number of benzene rings is 1. The summed E-state index contributed by atoms with van der Waals surface area (Å²) in [5.41, 5.74) is 0.918. The molecule has 4 heteroatoms. The van der Waals surface area contributed by atoms with Gasteiger partial charge >= 0.3 is 11.9 Å². The van der Waals surface area contributed by atoms with E-state index < -0.39 is 17.9 Å². The predicted molar refractivity (Wildman–Crippen MR) is 53.2 cm³/mol. The van der Waals surface area contributed by atoms with E-state index in [-0.39, 0.29) is 18.6 Å². The van der Waals surface area contributed by atoms with Crippen LogP contribution in [0.4, 0.5) is 0 Å². The van der Waals surface area contributed by atoms with Crippen molar-refractivity contribution in [3.63, 3.8) is 0 Å². The van der Waals surface area contributed by atoms with Crippen LogP contribution in [0, 0.1) is 11.8 Å². The van der Waals surface area contributed by atoms with Crippen LogP contribution in [0.25, 0.3) is 0 Å². The van der Waals surface area contributed by atoms with Crippen LogP contribution < -0.4 is 0 Å². The summed E-state index contributed by atoms with van der Waals surface area (Å²) in [5.74, 6) is -1.79. The Morgan fingerprint density at radius 3 is 2.56 bits per heavy atom. The maximum absolute atomic E-state index is 11.5. The molecule has 0 saturated carbocycles. The van der Waals surface area contributed by atoms with Crippen LogP contribution in [-0.4, -0.2) is 18.5 Å². The first-order valence-electron chi connectivity index (χ1n) is 5.19. The van der Waals surface area contributed by atoms with Crippen molar-refractivity contribution in [2.24, 2.45) is 11.8 Å². The number of esters is 2. The van der Waals surface area contributed by atoms with Crippen molar-refractivity contribution < 1.29 is 19.1 Å². The zero-order valence-corrected chi connectivity index (χ0v) is 8.46. The molecule has 1 aromatic carbocycles. The van der Waals surface area contributed by atoms with Crippen molar-refractivity contribution in [2.45, 2.75) is 6.10 Å². The lowest BCUT2D eigenvalue weighted by Crippen LogP contribution is -2.18. The van der Waals surface area contributed by atoms with E-state index in [1.54, 1.807) is 0 Å². The van der Waals surface area contributed by atoms with Crippen LogP contribution in [0.1, 0.15) is 11.7 Å². The third-order valence-corrected chi connectivity index (χ3v) is 3.11. The standard InChI is InChI=1S/C12H10O4/c13-11-9-8(6-15-11)10(16-12(9)14)7-4-2-1-3-5-7/h1-5,8-10H,6H2/t8-,9-,10-/m0/s1. The van der Waals surface area contributed by atoms with E-state index in [4.69, 9.17) is 9.47 Å². The van der Waals surface area contributed by atoms with Crippen molar-refractivity contribution in [1.29, 1.82) is 0 Å². The van der Waals surface area contributed by atoms with Gasteiger partial charge in [-0.25, -0.2) is 0 Å². The molecule has 0 bridgehead atoms. The molecule has 2 heterocycles. The van der Waals surface area contributed by atoms with E-state index in [1.807, 2.05) is 30.3 Å². The van der Waals surface area contributed by atoms with E-state index in [9.17, 15) is 9.59 Å². The van der Waals surface area contributed by atoms with Crippen LogP contribution in [0.5, 0.6) is 0 Å². The molecule has 0 aliphatic carbocycles. The summed E-state index contributed by atoms with van der Waals surface area (Å²) in [7, 11) is 0. The van der Waals surface area contributed by atoms with Crippen LogP contribution in [0.3, 0.4) is 0 Å². The van der Waals surface area contributed by atoms with E-state index in [1.165, 1.54) is 0 Å². The number of carbonyl (C=O) groups excluding carboxylic acids is 2. The lowest BCUT2D eigenvalue weighted by Gasteiger charge is -2.14. The maximum atomic E-state index is 11.5. The second-order valence-corrected chi connectivity index (χ2v) is 4.04. The van der Waals surface area contributed by atoms with E-state index in [0.717, 1.165) is 5.56 Å². The first-order valence-corrected chi connectivity index (χ1v) is 5.19. The van der Waals surface area contributed by atoms with Crippen molar-refractivity contribution in [3.8, 4) is 0 Å². The molecule has 4 nitrogen and oxygen atoms in total. The summed E-state index contributed by atoms with van der Waals surface area (Å²) in [6.07, 6.45) is -0.342. The van der Waals surface area contributed by atoms with Crippen molar-refractivity contribution in [1.82, 2.24) is 0 Å². The monoisotopic (exact) mass is 218 g/mol. The lowest BCUT2D eigenvalue weighted by atomic mass is 9.90. The van der Waals surface area contributed by atoms with E-state index in [2.05, 4.69) is 0 Å². The van der Waals surface area contributed by atoms with Gasteiger partial charge in [0.1, 0.15) is 6.10 Å². The number of ether oxygens (including phenoxy) is 2. The number of fused-ring (bicyclic) bond motifs is 1. The minimum absolute atomic E-state index is 0.164. The average molecular weight is 218 g/mol. The summed E-state index contributed by atoms with van der Waals surface area (Å²) >= 11 is 0. The minimum Gasteiger partial charge on any atom is -0.465 e. The van der Waals surface area contributed by atoms with Gasteiger partial charge in [0.15, 0.2) is 5.92 Å². The molecule has 2 aliphatic heterocycles. The topological polar surface area (TPSA) is 52.6 Å². The molecule has 2 fully saturated rings. The Hall–Kier alpha value is -1.84. The third-order valence-electron chi connectivity index (χ3n) is 3.11. The molecule has 1 aromatic rings. The fourth-order valence-corrected chi connectivity index (χ4v) is 2.32. The molecule has 0 unspecified atom stereocenters. The summed E-state index contributed by atoms with van der Waals surface area (Å²) in [6.45, 7) is 0.273. The fraction of sp³-hybridized carbons (Fsp3) is 0.333. The van der Waals surface area contributed by atoms with Gasteiger partial charge in [0.2, 0.25) is 0 Å². The Morgan fingerprint density at radius 1 is 1.06 bits per heavy atom. The largest absolute Gasteiger partial charge is 0.465 e. The van der Waals surface area contributed by atoms with Crippen LogP contribution in [-0.2, 0) is 19.1 Å². The van der Waals surface area contributed by atoms with Gasteiger partial charge in [-0.3, -0.25) is 9.59 Å². The molecular weight excluding hydrogens is 208 g/mol. The van der Waals surface area contributed by atoms with Gasteiger partial charge in [0.05, 0.1) is 12.5 Å². The molecule has 0 radical (unpaired) electrons. The Labute approximate surface area is 92.2 Å². The molecule has 3 atom stereocenters. The third kappa shape index (κ3) is 1.23. The molecule has 16 heavy (non-hydrogen) atoms. The van der Waals surface area contributed by atoms with Crippen molar-refractivity contribution >= 4 is 11.9 Å². The molecule has 2 saturated heterocycles. The Balaban J connectivity index is 1.95. The van der Waals surface area contributed by atoms with Crippen LogP contribution in [0.2, 0.25) is 0 Å². The Morgan fingerprint density at radius 2 is 1.81 bits per heavy atom. The molecule has 0 aromatic heterocycles. The highest BCUT2D eigenvalue weighted by atomic mass is 16.6. The first-order chi connectivity index (χ1) is 7.77. The Kier molecular flexibility index (Phi) is 1.96. The highest BCUT2D eigenvalue weighted by molar-refractivity contribution is 5.98. The fourth-order valence-electron chi connectivity index (χ4n) is 2.32. The van der Waals surface area contributed by atoms with Gasteiger partial charge in [-0.05, 0) is 5.56 Å². The molecule has 0 N–H and O–H groups in total. The number of carbonyl (C=O) groups is 2. The van der Waals surface area contributed by atoms with E-state index in [0.29, 0.717) is 0 Å². The smallest absolute Gasteiger partial charge is 0.321 e. The predicted octanol–water partition coefficient (Wildman–Crippen LogP) is 1.07. The van der Waals surface area contributed by atoms with Gasteiger partial charge in [-0.2, -0.15) is 0 Å². The van der Waals surface area contributed by atoms with Crippen molar-refractivity contribution in [3.05, 3.63) is 35.9 Å². The molecular formula is C12H10O4. The lowest BCUT2D eigenvalue weighted by molar-refractivity contribution is -0.154. The van der Waals surface area contributed by atoms with Gasteiger partial charge in [0, 0.05) is 0 Å². The number of hydrogen-bond donors (Lipinski definition) is 0. The highest BCUT2D eigenvalue weighted by Crippen LogP contribution is 2.43. The van der Waals surface area contributed by atoms with Gasteiger partial charge in [-0.15, -0.1) is 0 Å². The molecule has 3 rings (SSSR count). The summed E-state index contributed by atoms with van der Waals surface area (Å²) in [6, 6.07) is 9.45. The van der Waals surface area contributed by atoms with Gasteiger partial charge in [0.25, 0.3) is 0 Å². The SMILES string of the molecule is O=C1OC[C@H]2[C@@H]1C(=O)O[C@H]2c1ccccc1. The Bertz CT molecular complexity index is 440. The second-order valence-electron chi connectivity index (χ2n) is 4.04. The quantitative estimate of drug-likeness (QED) is 0.522. The molecule has 82 valence electrons. The first kappa shape index (κ1) is 9.39. The number of rotatable bonds is 1. The summed E-state index contributed by atoms with van der Waals surface area (Å²) in [4.78, 5) is 22.8. The maximum Gasteiger partial charge on any atom is 0.321 e. The van der Waals surface area contributed by atoms with Gasteiger partial charge < -0.3 is 9.47 Å². The highest BCUT2D eigenvalue weighted by Gasteiger charge is 2.54. The number of cyclic esters (lactones) is 2. The molecule has 2 aliphatic rings. The van der Waals surface area contributed by atoms with Crippen LogP contribution >= 0.6 is 0 Å². The zero-order valence-electron chi connectivity index (χ0n) is 8.46. The summed E-state index contributed by atoms with van der Waals surface area (Å²) in [5, 5.41) is 0. The summed E-state index contributed by atoms with van der Waals surface area (Å²) < 4.78 is 10.1. The van der Waals surface area contributed by atoms with E-state index >= 15 is 0 Å². The normalized spacial score (nSPS) is 32.1. The van der Waals surface area contributed by atoms with Crippen molar-refractivity contribution in [2.75, 3.05) is 6.61 Å². The van der Waals surface area contributed by atoms with Crippen LogP contribution in [0.15, 0.2) is 30.3 Å². The molecule has 0 spiro atoms. The second kappa shape index (κ2) is 3.33. The average Bonchev–Trinajstić information content (AvgIpc) is 2.83. The van der Waals surface area contributed by atoms with Gasteiger partial charge in [-0.1, -0.05) is 30.3 Å². The minimum atomic E-state index is -0.717. The number of hydrogen-bond acceptors (Lipinski definition) is 4. The zero-order chi connectivity index (χ0) is 11.1. The molecule has 0 amide bonds.